The van der Waals surface area contributed by atoms with Gasteiger partial charge in [-0.3, -0.25) is 9.69 Å². The van der Waals surface area contributed by atoms with E-state index in [0.29, 0.717) is 5.75 Å². The number of imidazole rings is 1. The van der Waals surface area contributed by atoms with Crippen LogP contribution in [0.1, 0.15) is 5.56 Å². The molecule has 2 aromatic carbocycles. The highest BCUT2D eigenvalue weighted by Crippen LogP contribution is 2.20. The molecule has 134 valence electrons. The molecule has 3 aromatic rings. The van der Waals surface area contributed by atoms with E-state index in [4.69, 9.17) is 0 Å². The molecule has 0 bridgehead atoms. The Balaban J connectivity index is 1.25. The molecule has 0 saturated carbocycles. The van der Waals surface area contributed by atoms with Crippen LogP contribution in [0, 0.1) is 0 Å². The number of aromatic amines is 1. The Morgan fingerprint density at radius 3 is 2.50 bits per heavy atom. The van der Waals surface area contributed by atoms with Gasteiger partial charge in [-0.15, -0.1) is 0 Å². The number of carbonyl (C=O) groups is 1. The van der Waals surface area contributed by atoms with Gasteiger partial charge in [-0.2, -0.15) is 0 Å². The number of piperazine rings is 1. The van der Waals surface area contributed by atoms with E-state index in [0.717, 1.165) is 48.9 Å². The van der Waals surface area contributed by atoms with Crippen molar-refractivity contribution in [3.8, 4) is 0 Å². The number of carbonyl (C=O) groups excluding carboxylic acids is 1. The number of nitrogens with zero attached hydrogens (tertiary/aromatic N) is 3. The molecule has 1 aliphatic rings. The number of benzene rings is 2. The molecule has 0 aliphatic carbocycles. The van der Waals surface area contributed by atoms with Gasteiger partial charge in [-0.05, 0) is 17.7 Å². The highest BCUT2D eigenvalue weighted by atomic mass is 32.2. The average molecular weight is 366 g/mol. The predicted molar refractivity (Wildman–Crippen MR) is 105 cm³/mol. The molecule has 1 aromatic heterocycles. The van der Waals surface area contributed by atoms with Crippen molar-refractivity contribution in [1.29, 1.82) is 0 Å². The molecule has 1 fully saturated rings. The lowest BCUT2D eigenvalue weighted by molar-refractivity contribution is -0.130. The zero-order valence-electron chi connectivity index (χ0n) is 14.6. The fraction of sp³-hybridized carbons (Fsp3) is 0.300. The number of aromatic nitrogens is 2. The van der Waals surface area contributed by atoms with Crippen molar-refractivity contribution in [1.82, 2.24) is 19.8 Å². The van der Waals surface area contributed by atoms with Crippen molar-refractivity contribution in [2.24, 2.45) is 0 Å². The van der Waals surface area contributed by atoms with Crippen molar-refractivity contribution in [2.75, 3.05) is 31.9 Å². The van der Waals surface area contributed by atoms with E-state index in [9.17, 15) is 4.79 Å². The van der Waals surface area contributed by atoms with Crippen LogP contribution in [0.5, 0.6) is 0 Å². The van der Waals surface area contributed by atoms with E-state index >= 15 is 0 Å². The third kappa shape index (κ3) is 4.08. The molecule has 1 amide bonds. The number of amides is 1. The molecule has 26 heavy (non-hydrogen) atoms. The lowest BCUT2D eigenvalue weighted by Gasteiger charge is -2.34. The summed E-state index contributed by atoms with van der Waals surface area (Å²) in [5, 5.41) is 0.808. The maximum Gasteiger partial charge on any atom is 0.233 e. The first-order valence-electron chi connectivity index (χ1n) is 8.89. The zero-order chi connectivity index (χ0) is 17.8. The summed E-state index contributed by atoms with van der Waals surface area (Å²) in [5.41, 5.74) is 3.28. The van der Waals surface area contributed by atoms with E-state index in [1.165, 1.54) is 17.3 Å². The van der Waals surface area contributed by atoms with Gasteiger partial charge in [0.2, 0.25) is 5.91 Å². The minimum atomic E-state index is 0.190. The van der Waals surface area contributed by atoms with Gasteiger partial charge in [0.15, 0.2) is 5.16 Å². The van der Waals surface area contributed by atoms with E-state index in [-0.39, 0.29) is 5.91 Å². The van der Waals surface area contributed by atoms with Crippen LogP contribution in [0.4, 0.5) is 0 Å². The predicted octanol–water partition coefficient (Wildman–Crippen LogP) is 3.00. The molecule has 1 N–H and O–H groups in total. The van der Waals surface area contributed by atoms with Gasteiger partial charge in [0.05, 0.1) is 16.8 Å². The van der Waals surface area contributed by atoms with Crippen LogP contribution in [-0.2, 0) is 11.3 Å². The first-order valence-corrected chi connectivity index (χ1v) is 9.88. The van der Waals surface area contributed by atoms with Gasteiger partial charge >= 0.3 is 0 Å². The number of para-hydroxylation sites is 2. The largest absolute Gasteiger partial charge is 0.339 e. The van der Waals surface area contributed by atoms with Crippen molar-refractivity contribution in [2.45, 2.75) is 11.7 Å². The minimum absolute atomic E-state index is 0.190. The number of hydrogen-bond donors (Lipinski definition) is 1. The third-order valence-electron chi connectivity index (χ3n) is 4.67. The normalized spacial score (nSPS) is 15.5. The van der Waals surface area contributed by atoms with Crippen LogP contribution in [0.2, 0.25) is 0 Å². The summed E-state index contributed by atoms with van der Waals surface area (Å²) < 4.78 is 0. The van der Waals surface area contributed by atoms with Crippen LogP contribution in [-0.4, -0.2) is 57.6 Å². The van der Waals surface area contributed by atoms with Gasteiger partial charge in [0.25, 0.3) is 0 Å². The molecule has 6 heteroatoms. The lowest BCUT2D eigenvalue weighted by atomic mass is 10.2. The van der Waals surface area contributed by atoms with Crippen molar-refractivity contribution in [3.05, 3.63) is 60.2 Å². The Kier molecular flexibility index (Phi) is 5.22. The van der Waals surface area contributed by atoms with Gasteiger partial charge in [-0.25, -0.2) is 4.98 Å². The zero-order valence-corrected chi connectivity index (χ0v) is 15.4. The van der Waals surface area contributed by atoms with Crippen LogP contribution >= 0.6 is 11.8 Å². The smallest absolute Gasteiger partial charge is 0.233 e. The third-order valence-corrected chi connectivity index (χ3v) is 5.53. The number of rotatable bonds is 5. The quantitative estimate of drug-likeness (QED) is 0.706. The van der Waals surface area contributed by atoms with Crippen LogP contribution in [0.3, 0.4) is 0 Å². The van der Waals surface area contributed by atoms with Crippen molar-refractivity contribution in [3.63, 3.8) is 0 Å². The molecule has 0 unspecified atom stereocenters. The molecule has 2 heterocycles. The second-order valence-electron chi connectivity index (χ2n) is 6.49. The Morgan fingerprint density at radius 1 is 1.00 bits per heavy atom. The van der Waals surface area contributed by atoms with E-state index in [1.54, 1.807) is 0 Å². The van der Waals surface area contributed by atoms with Gasteiger partial charge < -0.3 is 9.88 Å². The van der Waals surface area contributed by atoms with Gasteiger partial charge in [-0.1, -0.05) is 54.2 Å². The number of nitrogens with one attached hydrogen (secondary N) is 1. The minimum Gasteiger partial charge on any atom is -0.339 e. The monoisotopic (exact) mass is 366 g/mol. The first kappa shape index (κ1) is 17.1. The van der Waals surface area contributed by atoms with E-state index in [1.807, 2.05) is 35.2 Å². The number of thioether (sulfide) groups is 1. The Bertz CT molecular complexity index is 839. The van der Waals surface area contributed by atoms with Crippen molar-refractivity contribution < 1.29 is 4.79 Å². The van der Waals surface area contributed by atoms with Gasteiger partial charge in [0.1, 0.15) is 0 Å². The van der Waals surface area contributed by atoms with Crippen LogP contribution < -0.4 is 0 Å². The van der Waals surface area contributed by atoms with Crippen molar-refractivity contribution >= 4 is 28.7 Å². The molecule has 1 saturated heterocycles. The molecular formula is C20H22N4OS. The molecule has 0 spiro atoms. The SMILES string of the molecule is O=C(CSc1nc2ccccc2[nH]1)N1CCN(Cc2ccccc2)CC1. The molecule has 1 aliphatic heterocycles. The second-order valence-corrected chi connectivity index (χ2v) is 7.45. The number of H-pyrrole nitrogens is 1. The van der Waals surface area contributed by atoms with E-state index < -0.39 is 0 Å². The molecular weight excluding hydrogens is 344 g/mol. The maximum atomic E-state index is 12.5. The summed E-state index contributed by atoms with van der Waals surface area (Å²) in [6, 6.07) is 18.4. The van der Waals surface area contributed by atoms with Crippen LogP contribution in [0.15, 0.2) is 59.8 Å². The summed E-state index contributed by atoms with van der Waals surface area (Å²) >= 11 is 1.48. The average Bonchev–Trinajstić information content (AvgIpc) is 3.10. The second kappa shape index (κ2) is 7.93. The summed E-state index contributed by atoms with van der Waals surface area (Å²) in [6.07, 6.45) is 0. The number of fused-ring (bicyclic) bond motifs is 1. The highest BCUT2D eigenvalue weighted by Gasteiger charge is 2.21. The molecule has 0 radical (unpaired) electrons. The highest BCUT2D eigenvalue weighted by molar-refractivity contribution is 7.99. The Morgan fingerprint density at radius 2 is 1.73 bits per heavy atom. The first-order chi connectivity index (χ1) is 12.8. The molecule has 4 rings (SSSR count). The summed E-state index contributed by atoms with van der Waals surface area (Å²) in [4.78, 5) is 24.7. The summed E-state index contributed by atoms with van der Waals surface area (Å²) in [7, 11) is 0. The standard InChI is InChI=1S/C20H22N4OS/c25-19(15-26-20-21-17-8-4-5-9-18(17)22-20)24-12-10-23(11-13-24)14-16-6-2-1-3-7-16/h1-9H,10-15H2,(H,21,22). The topological polar surface area (TPSA) is 52.2 Å². The van der Waals surface area contributed by atoms with Crippen LogP contribution in [0.25, 0.3) is 11.0 Å². The summed E-state index contributed by atoms with van der Waals surface area (Å²) in [6.45, 7) is 4.40. The Hall–Kier alpha value is -2.31. The molecule has 5 nitrogen and oxygen atoms in total. The molecule has 0 atom stereocenters. The summed E-state index contributed by atoms with van der Waals surface area (Å²) in [5.74, 6) is 0.619. The van der Waals surface area contributed by atoms with E-state index in [2.05, 4.69) is 39.1 Å². The lowest BCUT2D eigenvalue weighted by Crippen LogP contribution is -2.48. The number of hydrogen-bond acceptors (Lipinski definition) is 4. The Labute approximate surface area is 157 Å². The fourth-order valence-electron chi connectivity index (χ4n) is 3.22. The maximum absolute atomic E-state index is 12.5. The fourth-order valence-corrected chi connectivity index (χ4v) is 4.00. The van der Waals surface area contributed by atoms with Gasteiger partial charge in [0, 0.05) is 32.7 Å².